The summed E-state index contributed by atoms with van der Waals surface area (Å²) in [5, 5.41) is 8.17. The summed E-state index contributed by atoms with van der Waals surface area (Å²) in [6.45, 7) is 5.91. The molecule has 2 unspecified atom stereocenters. The molecular weight excluding hydrogens is 430 g/mol. The predicted octanol–water partition coefficient (Wildman–Crippen LogP) is 3.53. The van der Waals surface area contributed by atoms with E-state index in [9.17, 15) is 14.4 Å². The van der Waals surface area contributed by atoms with Crippen molar-refractivity contribution in [2.45, 2.75) is 32.7 Å². The number of carbonyl (C=O) groups excluding carboxylic acids is 3. The van der Waals surface area contributed by atoms with Crippen LogP contribution in [0.1, 0.15) is 53.0 Å². The third kappa shape index (κ3) is 4.19. The molecule has 2 aromatic heterocycles. The number of ketones is 2. The molecule has 1 aromatic carbocycles. The molecule has 8 heteroatoms. The molecule has 1 aliphatic heterocycles. The second kappa shape index (κ2) is 9.13. The lowest BCUT2D eigenvalue weighted by molar-refractivity contribution is -0.135. The Bertz CT molecular complexity index is 1220. The maximum atomic E-state index is 13.6. The van der Waals surface area contributed by atoms with E-state index < -0.39 is 29.4 Å². The van der Waals surface area contributed by atoms with Crippen LogP contribution in [0.15, 0.2) is 54.7 Å². The van der Waals surface area contributed by atoms with E-state index in [1.165, 1.54) is 4.90 Å². The minimum absolute atomic E-state index is 0.219. The van der Waals surface area contributed by atoms with E-state index in [-0.39, 0.29) is 5.82 Å². The number of benzene rings is 1. The molecule has 1 amide bonds. The topological polar surface area (TPSA) is 96.4 Å². The summed E-state index contributed by atoms with van der Waals surface area (Å²) >= 11 is 0. The molecule has 0 bridgehead atoms. The van der Waals surface area contributed by atoms with E-state index in [0.717, 1.165) is 5.56 Å². The Kier molecular flexibility index (Phi) is 6.24. The lowest BCUT2D eigenvalue weighted by Gasteiger charge is -2.26. The first kappa shape index (κ1) is 23.2. The number of Topliss-reactive ketones (excluding diaryl/α,β-unsaturated/α-hetero) is 2. The summed E-state index contributed by atoms with van der Waals surface area (Å²) in [6, 6.07) is 13.2. The zero-order chi connectivity index (χ0) is 24.6. The van der Waals surface area contributed by atoms with Gasteiger partial charge in [-0.2, -0.15) is 5.10 Å². The van der Waals surface area contributed by atoms with Crippen LogP contribution >= 0.6 is 0 Å². The number of pyridine rings is 1. The quantitative estimate of drug-likeness (QED) is 0.317. The molecule has 0 radical (unpaired) electrons. The average molecular weight is 458 g/mol. The summed E-state index contributed by atoms with van der Waals surface area (Å²) in [5.74, 6) is -1.92. The smallest absolute Gasteiger partial charge is 0.297 e. The van der Waals surface area contributed by atoms with Crippen LogP contribution < -0.4 is 9.80 Å². The number of aryl methyl sites for hydroxylation is 1. The Hall–Kier alpha value is -3.94. The minimum Gasteiger partial charge on any atom is -0.363 e. The summed E-state index contributed by atoms with van der Waals surface area (Å²) in [6.07, 6.45) is 1.60. The summed E-state index contributed by atoms with van der Waals surface area (Å²) in [5.41, 5.74) is 2.72. The van der Waals surface area contributed by atoms with Crippen LogP contribution in [0.25, 0.3) is 0 Å². The number of rotatable bonds is 6. The predicted molar refractivity (Wildman–Crippen MR) is 129 cm³/mol. The van der Waals surface area contributed by atoms with Crippen molar-refractivity contribution in [1.82, 2.24) is 15.2 Å². The third-order valence-corrected chi connectivity index (χ3v) is 6.05. The van der Waals surface area contributed by atoms with Gasteiger partial charge in [0.25, 0.3) is 5.91 Å². The van der Waals surface area contributed by atoms with E-state index in [0.29, 0.717) is 28.6 Å². The van der Waals surface area contributed by atoms with E-state index in [2.05, 4.69) is 29.0 Å². The lowest BCUT2D eigenvalue weighted by Crippen LogP contribution is -2.31. The molecule has 1 saturated heterocycles. The molecule has 3 aromatic rings. The first-order chi connectivity index (χ1) is 16.2. The normalized spacial score (nSPS) is 18.0. The molecule has 1 fully saturated rings. The lowest BCUT2D eigenvalue weighted by atomic mass is 9.86. The average Bonchev–Trinajstić information content (AvgIpc) is 3.09. The SMILES string of the molecule is Cc1ccc(N2C(=O)C(=O)C(C(=O)c3ccc(C(C)C)cc3)C2c2ccc(N(C)C)nc2)nn1. The first-order valence-electron chi connectivity index (χ1n) is 11.1. The fourth-order valence-electron chi connectivity index (χ4n) is 4.09. The molecule has 8 nitrogen and oxygen atoms in total. The van der Waals surface area contributed by atoms with E-state index in [1.54, 1.807) is 49.5 Å². The van der Waals surface area contributed by atoms with Crippen molar-refractivity contribution in [2.24, 2.45) is 5.92 Å². The monoisotopic (exact) mass is 457 g/mol. The maximum Gasteiger partial charge on any atom is 0.297 e. The van der Waals surface area contributed by atoms with Gasteiger partial charge in [-0.25, -0.2) is 4.98 Å². The first-order valence-corrected chi connectivity index (χ1v) is 11.1. The van der Waals surface area contributed by atoms with Crippen molar-refractivity contribution in [1.29, 1.82) is 0 Å². The van der Waals surface area contributed by atoms with Gasteiger partial charge in [0.1, 0.15) is 11.7 Å². The Morgan fingerprint density at radius 1 is 0.971 bits per heavy atom. The molecule has 4 rings (SSSR count). The maximum absolute atomic E-state index is 13.6. The van der Waals surface area contributed by atoms with Crippen molar-refractivity contribution < 1.29 is 14.4 Å². The molecule has 2 atom stereocenters. The number of nitrogens with zero attached hydrogens (tertiary/aromatic N) is 5. The van der Waals surface area contributed by atoms with Crippen LogP contribution in [0.5, 0.6) is 0 Å². The van der Waals surface area contributed by atoms with Gasteiger partial charge in [-0.05, 0) is 42.2 Å². The fraction of sp³-hybridized carbons (Fsp3) is 0.308. The van der Waals surface area contributed by atoms with Gasteiger partial charge in [0.15, 0.2) is 11.6 Å². The van der Waals surface area contributed by atoms with Crippen molar-refractivity contribution in [2.75, 3.05) is 23.9 Å². The number of hydrogen-bond donors (Lipinski definition) is 0. The van der Waals surface area contributed by atoms with Crippen molar-refractivity contribution in [3.8, 4) is 0 Å². The number of aromatic nitrogens is 3. The van der Waals surface area contributed by atoms with Crippen molar-refractivity contribution >= 4 is 29.1 Å². The third-order valence-electron chi connectivity index (χ3n) is 6.05. The number of anilines is 2. The second-order valence-corrected chi connectivity index (χ2v) is 8.98. The van der Waals surface area contributed by atoms with Crippen molar-refractivity contribution in [3.05, 3.63) is 77.1 Å². The largest absolute Gasteiger partial charge is 0.363 e. The number of carbonyl (C=O) groups is 3. The molecule has 0 saturated carbocycles. The number of hydrogen-bond acceptors (Lipinski definition) is 7. The van der Waals surface area contributed by atoms with Crippen LogP contribution in [-0.2, 0) is 9.59 Å². The molecule has 0 spiro atoms. The molecule has 3 heterocycles. The molecule has 0 aliphatic carbocycles. The standard InChI is InChI=1S/C26H27N5O3/c1-15(2)17-7-9-18(10-8-17)24(32)22-23(19-11-13-20(27-14-19)30(4)5)31(26(34)25(22)33)21-12-6-16(3)28-29-21/h6-15,22-23H,1-5H3. The highest BCUT2D eigenvalue weighted by Gasteiger charge is 2.53. The molecule has 34 heavy (non-hydrogen) atoms. The van der Waals surface area contributed by atoms with Gasteiger partial charge in [0.05, 0.1) is 11.7 Å². The fourth-order valence-corrected chi connectivity index (χ4v) is 4.09. The van der Waals surface area contributed by atoms with E-state index >= 15 is 0 Å². The van der Waals surface area contributed by atoms with Crippen LogP contribution in [0.3, 0.4) is 0 Å². The Labute approximate surface area is 198 Å². The molecule has 1 aliphatic rings. The number of amides is 1. The van der Waals surface area contributed by atoms with Gasteiger partial charge in [0, 0.05) is 25.9 Å². The van der Waals surface area contributed by atoms with Gasteiger partial charge >= 0.3 is 0 Å². The minimum atomic E-state index is -1.22. The highest BCUT2D eigenvalue weighted by Crippen LogP contribution is 2.40. The molecule has 0 N–H and O–H groups in total. The Morgan fingerprint density at radius 3 is 2.21 bits per heavy atom. The Balaban J connectivity index is 1.81. The van der Waals surface area contributed by atoms with Crippen LogP contribution in [0.4, 0.5) is 11.6 Å². The van der Waals surface area contributed by atoms with Gasteiger partial charge in [-0.15, -0.1) is 5.10 Å². The summed E-state index contributed by atoms with van der Waals surface area (Å²) in [4.78, 5) is 47.5. The summed E-state index contributed by atoms with van der Waals surface area (Å²) in [7, 11) is 3.73. The zero-order valence-corrected chi connectivity index (χ0v) is 19.9. The van der Waals surface area contributed by atoms with Gasteiger partial charge < -0.3 is 4.90 Å². The van der Waals surface area contributed by atoms with Crippen LogP contribution in [-0.4, -0.2) is 46.8 Å². The van der Waals surface area contributed by atoms with Gasteiger partial charge in [-0.3, -0.25) is 19.3 Å². The molecular formula is C26H27N5O3. The van der Waals surface area contributed by atoms with Crippen LogP contribution in [0, 0.1) is 12.8 Å². The highest BCUT2D eigenvalue weighted by atomic mass is 16.2. The van der Waals surface area contributed by atoms with Crippen LogP contribution in [0.2, 0.25) is 0 Å². The van der Waals surface area contributed by atoms with E-state index in [4.69, 9.17) is 0 Å². The van der Waals surface area contributed by atoms with Gasteiger partial charge in [-0.1, -0.05) is 44.2 Å². The molecule has 174 valence electrons. The zero-order valence-electron chi connectivity index (χ0n) is 19.9. The highest BCUT2D eigenvalue weighted by molar-refractivity contribution is 6.48. The van der Waals surface area contributed by atoms with Gasteiger partial charge in [0.2, 0.25) is 5.78 Å². The second-order valence-electron chi connectivity index (χ2n) is 8.98. The van der Waals surface area contributed by atoms with E-state index in [1.807, 2.05) is 31.1 Å². The summed E-state index contributed by atoms with van der Waals surface area (Å²) < 4.78 is 0. The van der Waals surface area contributed by atoms with Crippen molar-refractivity contribution in [3.63, 3.8) is 0 Å². The Morgan fingerprint density at radius 2 is 1.68 bits per heavy atom.